The van der Waals surface area contributed by atoms with Gasteiger partial charge in [0, 0.05) is 13.2 Å². The molecule has 1 aliphatic heterocycles. The number of hydrogen-bond acceptors (Lipinski definition) is 2. The molecule has 1 heterocycles. The first-order chi connectivity index (χ1) is 5.25. The average molecular weight is 161 g/mol. The number of ether oxygens (including phenoxy) is 1. The Labute approximate surface area is 67.3 Å². The molecule has 0 radical (unpaired) electrons. The van der Waals surface area contributed by atoms with Gasteiger partial charge in [-0.2, -0.15) is 0 Å². The molecule has 2 nitrogen and oxygen atoms in total. The van der Waals surface area contributed by atoms with Gasteiger partial charge in [-0.15, -0.1) is 0 Å². The fraction of sp³-hybridized carbons (Fsp3) is 1.00. The van der Waals surface area contributed by atoms with E-state index in [9.17, 15) is 4.39 Å². The van der Waals surface area contributed by atoms with Crippen molar-refractivity contribution >= 4 is 0 Å². The largest absolute Gasteiger partial charge is 0.380 e. The summed E-state index contributed by atoms with van der Waals surface area (Å²) in [5.74, 6) is 0. The van der Waals surface area contributed by atoms with Crippen LogP contribution in [0.2, 0.25) is 0 Å². The van der Waals surface area contributed by atoms with Crippen molar-refractivity contribution in [2.24, 2.45) is 0 Å². The Hall–Kier alpha value is -0.150. The third-order valence-corrected chi connectivity index (χ3v) is 2.23. The summed E-state index contributed by atoms with van der Waals surface area (Å²) in [6, 6.07) is -0.00468. The highest BCUT2D eigenvalue weighted by Crippen LogP contribution is 2.18. The molecule has 0 spiro atoms. The molecule has 1 aliphatic rings. The average Bonchev–Trinajstić information content (AvgIpc) is 2.29. The van der Waals surface area contributed by atoms with Gasteiger partial charge in [-0.1, -0.05) is 0 Å². The molecular formula is C8H16FNO. The minimum absolute atomic E-state index is 0.00468. The van der Waals surface area contributed by atoms with E-state index in [1.165, 1.54) is 0 Å². The lowest BCUT2D eigenvalue weighted by molar-refractivity contribution is 0.0706. The van der Waals surface area contributed by atoms with Crippen LogP contribution in [0.4, 0.5) is 4.39 Å². The zero-order valence-corrected chi connectivity index (χ0v) is 7.22. The summed E-state index contributed by atoms with van der Waals surface area (Å²) in [5.41, 5.74) is 0. The maximum atomic E-state index is 13.0. The van der Waals surface area contributed by atoms with Gasteiger partial charge in [0.2, 0.25) is 0 Å². The van der Waals surface area contributed by atoms with Gasteiger partial charge in [-0.25, -0.2) is 4.39 Å². The van der Waals surface area contributed by atoms with Gasteiger partial charge in [0.25, 0.3) is 0 Å². The molecule has 0 aromatic heterocycles. The third-order valence-electron chi connectivity index (χ3n) is 2.23. The van der Waals surface area contributed by atoms with Crippen LogP contribution >= 0.6 is 0 Å². The molecule has 1 fully saturated rings. The van der Waals surface area contributed by atoms with E-state index in [0.29, 0.717) is 19.6 Å². The van der Waals surface area contributed by atoms with Crippen molar-refractivity contribution in [3.63, 3.8) is 0 Å². The lowest BCUT2D eigenvalue weighted by Crippen LogP contribution is -2.34. The van der Waals surface area contributed by atoms with Crippen molar-refractivity contribution in [2.75, 3.05) is 26.8 Å². The third kappa shape index (κ3) is 2.14. The van der Waals surface area contributed by atoms with Gasteiger partial charge < -0.3 is 4.74 Å². The minimum atomic E-state index is -0.688. The molecule has 0 N–H and O–H groups in total. The fourth-order valence-electron chi connectivity index (χ4n) is 1.43. The van der Waals surface area contributed by atoms with E-state index < -0.39 is 6.17 Å². The van der Waals surface area contributed by atoms with Crippen LogP contribution in [0.1, 0.15) is 13.3 Å². The van der Waals surface area contributed by atoms with Crippen LogP contribution in [0.25, 0.3) is 0 Å². The lowest BCUT2D eigenvalue weighted by Gasteiger charge is -2.20. The highest BCUT2D eigenvalue weighted by Gasteiger charge is 2.31. The van der Waals surface area contributed by atoms with E-state index in [2.05, 4.69) is 0 Å². The van der Waals surface area contributed by atoms with Crippen LogP contribution in [-0.4, -0.2) is 43.9 Å². The summed E-state index contributed by atoms with van der Waals surface area (Å²) in [4.78, 5) is 2.03. The maximum absolute atomic E-state index is 13.0. The van der Waals surface area contributed by atoms with Crippen LogP contribution in [0, 0.1) is 0 Å². The van der Waals surface area contributed by atoms with Gasteiger partial charge in [0.05, 0.1) is 12.6 Å². The summed E-state index contributed by atoms with van der Waals surface area (Å²) in [7, 11) is 1.95. The Kier molecular flexibility index (Phi) is 3.27. The Balaban J connectivity index is 2.29. The zero-order chi connectivity index (χ0) is 8.27. The SMILES string of the molecule is CCOC[C@@H]1[C@@H](F)CCN1C. The minimum Gasteiger partial charge on any atom is -0.380 e. The van der Waals surface area contributed by atoms with Gasteiger partial charge >= 0.3 is 0 Å². The van der Waals surface area contributed by atoms with Gasteiger partial charge in [0.1, 0.15) is 6.17 Å². The van der Waals surface area contributed by atoms with Crippen molar-refractivity contribution in [3.8, 4) is 0 Å². The van der Waals surface area contributed by atoms with E-state index in [1.54, 1.807) is 0 Å². The molecular weight excluding hydrogens is 145 g/mol. The van der Waals surface area contributed by atoms with E-state index in [1.807, 2.05) is 18.9 Å². The van der Waals surface area contributed by atoms with Crippen LogP contribution < -0.4 is 0 Å². The van der Waals surface area contributed by atoms with E-state index in [0.717, 1.165) is 6.54 Å². The standard InChI is InChI=1S/C8H16FNO/c1-3-11-6-8-7(9)4-5-10(8)2/h7-8H,3-6H2,1-2H3/t7-,8+/m0/s1. The Bertz CT molecular complexity index is 111. The van der Waals surface area contributed by atoms with Gasteiger partial charge in [-0.05, 0) is 20.4 Å². The summed E-state index contributed by atoms with van der Waals surface area (Å²) < 4.78 is 18.2. The van der Waals surface area contributed by atoms with Crippen LogP contribution in [-0.2, 0) is 4.74 Å². The molecule has 0 amide bonds. The first-order valence-electron chi connectivity index (χ1n) is 4.17. The molecule has 1 rings (SSSR count). The van der Waals surface area contributed by atoms with Crippen molar-refractivity contribution in [3.05, 3.63) is 0 Å². The summed E-state index contributed by atoms with van der Waals surface area (Å²) in [6.45, 7) is 4.01. The van der Waals surface area contributed by atoms with Gasteiger partial charge in [-0.3, -0.25) is 4.90 Å². The Morgan fingerprint density at radius 3 is 2.82 bits per heavy atom. The number of halogens is 1. The van der Waals surface area contributed by atoms with E-state index >= 15 is 0 Å². The number of likely N-dealkylation sites (N-methyl/N-ethyl adjacent to an activating group) is 1. The smallest absolute Gasteiger partial charge is 0.119 e. The molecule has 0 aliphatic carbocycles. The van der Waals surface area contributed by atoms with E-state index in [-0.39, 0.29) is 6.04 Å². The molecule has 0 saturated carbocycles. The molecule has 0 bridgehead atoms. The number of hydrogen-bond donors (Lipinski definition) is 0. The number of rotatable bonds is 3. The first kappa shape index (κ1) is 8.94. The predicted octanol–water partition coefficient (Wildman–Crippen LogP) is 1.07. The Morgan fingerprint density at radius 1 is 1.64 bits per heavy atom. The molecule has 0 unspecified atom stereocenters. The van der Waals surface area contributed by atoms with Crippen molar-refractivity contribution in [1.29, 1.82) is 0 Å². The molecule has 1 saturated heterocycles. The van der Waals surface area contributed by atoms with Crippen molar-refractivity contribution < 1.29 is 9.13 Å². The zero-order valence-electron chi connectivity index (χ0n) is 7.22. The number of nitrogens with zero attached hydrogens (tertiary/aromatic N) is 1. The molecule has 11 heavy (non-hydrogen) atoms. The molecule has 0 aromatic rings. The second-order valence-electron chi connectivity index (χ2n) is 3.01. The maximum Gasteiger partial charge on any atom is 0.119 e. The topological polar surface area (TPSA) is 12.5 Å². The summed E-state index contributed by atoms with van der Waals surface area (Å²) in [5, 5.41) is 0. The van der Waals surface area contributed by atoms with Gasteiger partial charge in [0.15, 0.2) is 0 Å². The normalized spacial score (nSPS) is 33.0. The first-order valence-corrected chi connectivity index (χ1v) is 4.17. The molecule has 66 valence electrons. The Morgan fingerprint density at radius 2 is 2.36 bits per heavy atom. The summed E-state index contributed by atoms with van der Waals surface area (Å²) in [6.07, 6.45) is -0.0274. The van der Waals surface area contributed by atoms with Crippen molar-refractivity contribution in [2.45, 2.75) is 25.6 Å². The second kappa shape index (κ2) is 4.02. The number of alkyl halides is 1. The fourth-order valence-corrected chi connectivity index (χ4v) is 1.43. The number of likely N-dealkylation sites (tertiary alicyclic amines) is 1. The molecule has 3 heteroatoms. The van der Waals surface area contributed by atoms with Crippen molar-refractivity contribution in [1.82, 2.24) is 4.90 Å². The summed E-state index contributed by atoms with van der Waals surface area (Å²) >= 11 is 0. The highest BCUT2D eigenvalue weighted by molar-refractivity contribution is 4.84. The highest BCUT2D eigenvalue weighted by atomic mass is 19.1. The van der Waals surface area contributed by atoms with Crippen LogP contribution in [0.3, 0.4) is 0 Å². The van der Waals surface area contributed by atoms with Crippen LogP contribution in [0.5, 0.6) is 0 Å². The van der Waals surface area contributed by atoms with Crippen LogP contribution in [0.15, 0.2) is 0 Å². The predicted molar refractivity (Wildman–Crippen MR) is 42.4 cm³/mol. The monoisotopic (exact) mass is 161 g/mol. The molecule has 2 atom stereocenters. The second-order valence-corrected chi connectivity index (χ2v) is 3.01. The van der Waals surface area contributed by atoms with E-state index in [4.69, 9.17) is 4.74 Å². The lowest BCUT2D eigenvalue weighted by atomic mass is 10.2. The quantitative estimate of drug-likeness (QED) is 0.613. The molecule has 0 aromatic carbocycles.